The predicted octanol–water partition coefficient (Wildman–Crippen LogP) is 4.22. The highest BCUT2D eigenvalue weighted by Crippen LogP contribution is 2.34. The highest BCUT2D eigenvalue weighted by atomic mass is 79.9. The molecular formula is C17H15BrN6S. The predicted molar refractivity (Wildman–Crippen MR) is 103 cm³/mol. The summed E-state index contributed by atoms with van der Waals surface area (Å²) < 4.78 is 11.5. The van der Waals surface area contributed by atoms with E-state index in [0.717, 1.165) is 44.7 Å². The van der Waals surface area contributed by atoms with E-state index in [4.69, 9.17) is 0 Å². The van der Waals surface area contributed by atoms with Gasteiger partial charge in [-0.15, -0.1) is 5.10 Å². The summed E-state index contributed by atoms with van der Waals surface area (Å²) in [7, 11) is 0. The van der Waals surface area contributed by atoms with Gasteiger partial charge in [0.05, 0.1) is 27.4 Å². The number of nitrogens with one attached hydrogen (secondary N) is 1. The first kappa shape index (κ1) is 15.2. The third-order valence-electron chi connectivity index (χ3n) is 4.55. The van der Waals surface area contributed by atoms with Crippen LogP contribution in [0.5, 0.6) is 0 Å². The fourth-order valence-electron chi connectivity index (χ4n) is 2.96. The number of benzene rings is 2. The fourth-order valence-corrected chi connectivity index (χ4v) is 4.03. The Bertz CT molecular complexity index is 1070. The Kier molecular flexibility index (Phi) is 3.67. The normalized spacial score (nSPS) is 14.4. The van der Waals surface area contributed by atoms with Gasteiger partial charge in [0.1, 0.15) is 16.6 Å². The first-order chi connectivity index (χ1) is 12.3. The van der Waals surface area contributed by atoms with Crippen LogP contribution in [0, 0.1) is 5.92 Å². The van der Waals surface area contributed by atoms with E-state index in [1.54, 1.807) is 0 Å². The van der Waals surface area contributed by atoms with E-state index >= 15 is 0 Å². The minimum atomic E-state index is 0.716. The van der Waals surface area contributed by atoms with E-state index in [1.165, 1.54) is 30.1 Å². The largest absolute Gasteiger partial charge is 0.380 e. The molecular weight excluding hydrogens is 400 g/mol. The van der Waals surface area contributed by atoms with E-state index in [0.29, 0.717) is 6.54 Å². The quantitative estimate of drug-likeness (QED) is 0.529. The van der Waals surface area contributed by atoms with Gasteiger partial charge in [0.25, 0.3) is 0 Å². The van der Waals surface area contributed by atoms with Crippen molar-refractivity contribution in [1.82, 2.24) is 23.7 Å². The van der Waals surface area contributed by atoms with Crippen LogP contribution in [0.1, 0.15) is 18.4 Å². The average molecular weight is 415 g/mol. The van der Waals surface area contributed by atoms with Crippen LogP contribution in [0.15, 0.2) is 34.8 Å². The topological polar surface area (TPSA) is 68.5 Å². The zero-order chi connectivity index (χ0) is 16.8. The van der Waals surface area contributed by atoms with E-state index in [-0.39, 0.29) is 0 Å². The number of halogens is 1. The van der Waals surface area contributed by atoms with E-state index in [1.807, 2.05) is 10.7 Å². The summed E-state index contributed by atoms with van der Waals surface area (Å²) in [4.78, 5) is 0. The highest BCUT2D eigenvalue weighted by Gasteiger charge is 2.23. The van der Waals surface area contributed by atoms with Crippen LogP contribution in [0.25, 0.3) is 22.1 Å². The van der Waals surface area contributed by atoms with Crippen LogP contribution in [-0.4, -0.2) is 23.7 Å². The molecule has 0 saturated heterocycles. The van der Waals surface area contributed by atoms with Crippen molar-refractivity contribution < 1.29 is 0 Å². The molecule has 1 aliphatic carbocycles. The van der Waals surface area contributed by atoms with Gasteiger partial charge in [-0.3, -0.25) is 0 Å². The van der Waals surface area contributed by atoms with Gasteiger partial charge in [-0.25, -0.2) is 4.68 Å². The third kappa shape index (κ3) is 2.89. The third-order valence-corrected chi connectivity index (χ3v) is 5.91. The molecule has 6 nitrogen and oxygen atoms in total. The molecule has 0 amide bonds. The minimum absolute atomic E-state index is 0.716. The Morgan fingerprint density at radius 1 is 1.16 bits per heavy atom. The van der Waals surface area contributed by atoms with Gasteiger partial charge in [-0.05, 0) is 64.5 Å². The van der Waals surface area contributed by atoms with Gasteiger partial charge in [-0.1, -0.05) is 11.3 Å². The molecule has 1 aliphatic rings. The molecule has 0 unspecified atom stereocenters. The van der Waals surface area contributed by atoms with E-state index in [9.17, 15) is 0 Å². The monoisotopic (exact) mass is 414 g/mol. The Labute approximate surface area is 156 Å². The SMILES string of the molecule is Brc1c(NCc2ccc3nsnc3c2)ccc2c1nnn2CC1CC1. The van der Waals surface area contributed by atoms with Crippen molar-refractivity contribution in [3.05, 3.63) is 40.4 Å². The maximum Gasteiger partial charge on any atom is 0.129 e. The summed E-state index contributed by atoms with van der Waals surface area (Å²) in [5, 5.41) is 12.1. The lowest BCUT2D eigenvalue weighted by Crippen LogP contribution is -2.02. The lowest BCUT2D eigenvalue weighted by molar-refractivity contribution is 0.559. The molecule has 4 aromatic rings. The number of fused-ring (bicyclic) bond motifs is 2. The number of rotatable bonds is 5. The van der Waals surface area contributed by atoms with Crippen molar-refractivity contribution in [3.8, 4) is 0 Å². The molecule has 0 spiro atoms. The van der Waals surface area contributed by atoms with E-state index < -0.39 is 0 Å². The molecule has 0 aliphatic heterocycles. The average Bonchev–Trinajstić information content (AvgIpc) is 3.16. The molecule has 126 valence electrons. The number of hydrogen-bond acceptors (Lipinski definition) is 6. The van der Waals surface area contributed by atoms with Crippen LogP contribution in [0.4, 0.5) is 5.69 Å². The van der Waals surface area contributed by atoms with Gasteiger partial charge in [0.2, 0.25) is 0 Å². The molecule has 0 bridgehead atoms. The summed E-state index contributed by atoms with van der Waals surface area (Å²) in [6.45, 7) is 1.69. The van der Waals surface area contributed by atoms with E-state index in [2.05, 4.69) is 64.6 Å². The van der Waals surface area contributed by atoms with Crippen molar-refractivity contribution >= 4 is 55.4 Å². The molecule has 2 aromatic carbocycles. The summed E-state index contributed by atoms with van der Waals surface area (Å²) in [6, 6.07) is 10.3. The Morgan fingerprint density at radius 3 is 2.92 bits per heavy atom. The first-order valence-corrected chi connectivity index (χ1v) is 9.77. The van der Waals surface area contributed by atoms with Crippen molar-refractivity contribution in [2.24, 2.45) is 5.92 Å². The van der Waals surface area contributed by atoms with Crippen LogP contribution in [0.3, 0.4) is 0 Å². The molecule has 25 heavy (non-hydrogen) atoms. The number of nitrogens with zero attached hydrogens (tertiary/aromatic N) is 5. The van der Waals surface area contributed by atoms with Gasteiger partial charge < -0.3 is 5.32 Å². The smallest absolute Gasteiger partial charge is 0.129 e. The van der Waals surface area contributed by atoms with Gasteiger partial charge in [0, 0.05) is 13.1 Å². The lowest BCUT2D eigenvalue weighted by Gasteiger charge is -2.09. The van der Waals surface area contributed by atoms with Crippen LogP contribution in [0.2, 0.25) is 0 Å². The van der Waals surface area contributed by atoms with Crippen molar-refractivity contribution in [3.63, 3.8) is 0 Å². The highest BCUT2D eigenvalue weighted by molar-refractivity contribution is 9.10. The summed E-state index contributed by atoms with van der Waals surface area (Å²) in [5.74, 6) is 0.775. The van der Waals surface area contributed by atoms with Crippen LogP contribution in [-0.2, 0) is 13.1 Å². The number of aromatic nitrogens is 5. The first-order valence-electron chi connectivity index (χ1n) is 8.25. The summed E-state index contributed by atoms with van der Waals surface area (Å²) in [6.07, 6.45) is 2.61. The molecule has 0 radical (unpaired) electrons. The fraction of sp³-hybridized carbons (Fsp3) is 0.294. The minimum Gasteiger partial charge on any atom is -0.380 e. The second-order valence-corrected chi connectivity index (χ2v) is 7.77. The molecule has 1 N–H and O–H groups in total. The number of hydrogen-bond donors (Lipinski definition) is 1. The van der Waals surface area contributed by atoms with Gasteiger partial charge >= 0.3 is 0 Å². The van der Waals surface area contributed by atoms with Crippen molar-refractivity contribution in [2.45, 2.75) is 25.9 Å². The molecule has 8 heteroatoms. The van der Waals surface area contributed by atoms with Crippen molar-refractivity contribution in [2.75, 3.05) is 5.32 Å². The molecule has 1 saturated carbocycles. The molecule has 2 aromatic heterocycles. The Hall–Kier alpha value is -2.06. The van der Waals surface area contributed by atoms with Crippen molar-refractivity contribution in [1.29, 1.82) is 0 Å². The Balaban J connectivity index is 1.39. The van der Waals surface area contributed by atoms with Gasteiger partial charge in [0.15, 0.2) is 0 Å². The zero-order valence-electron chi connectivity index (χ0n) is 13.3. The molecule has 1 fully saturated rings. The standard InChI is InChI=1S/C17H15BrN6S/c18-16-13(19-8-11-3-4-12-14(7-11)22-25-21-12)5-6-15-17(16)20-23-24(15)9-10-1-2-10/h3-7,10,19H,1-2,8-9H2. The van der Waals surface area contributed by atoms with Crippen LogP contribution < -0.4 is 5.32 Å². The maximum absolute atomic E-state index is 4.36. The number of anilines is 1. The Morgan fingerprint density at radius 2 is 2.04 bits per heavy atom. The summed E-state index contributed by atoms with van der Waals surface area (Å²) >= 11 is 4.93. The summed E-state index contributed by atoms with van der Waals surface area (Å²) in [5.41, 5.74) is 6.07. The second-order valence-electron chi connectivity index (χ2n) is 6.45. The molecule has 2 heterocycles. The molecule has 5 rings (SSSR count). The zero-order valence-corrected chi connectivity index (χ0v) is 15.7. The second kappa shape index (κ2) is 6.03. The lowest BCUT2D eigenvalue weighted by atomic mass is 10.2. The van der Waals surface area contributed by atoms with Crippen LogP contribution >= 0.6 is 27.7 Å². The van der Waals surface area contributed by atoms with Gasteiger partial charge in [-0.2, -0.15) is 8.75 Å². The molecule has 0 atom stereocenters. The maximum atomic E-state index is 4.36.